The fourth-order valence-corrected chi connectivity index (χ4v) is 2.28. The molecule has 3 rings (SSSR count). The maximum Gasteiger partial charge on any atom is 0.150 e. The third-order valence-electron chi connectivity index (χ3n) is 3.43. The molecule has 0 bridgehead atoms. The molecule has 3 N–H and O–H groups in total. The number of aryl methyl sites for hydroxylation is 1. The van der Waals surface area contributed by atoms with Gasteiger partial charge in [-0.3, -0.25) is 9.97 Å². The molecule has 1 aromatic carbocycles. The zero-order chi connectivity index (χ0) is 14.8. The standard InChI is InChI=1S/C16H15FN4/c1-10-4-2-6-19-14(10)9-21-16-12(17)8-13(18)11-5-3-7-20-15(11)16/h2-8,21H,9,18H2,1H3. The quantitative estimate of drug-likeness (QED) is 0.724. The van der Waals surface area contributed by atoms with Crippen molar-refractivity contribution >= 4 is 22.3 Å². The lowest BCUT2D eigenvalue weighted by Crippen LogP contribution is -2.06. The van der Waals surface area contributed by atoms with Gasteiger partial charge in [-0.25, -0.2) is 4.39 Å². The van der Waals surface area contributed by atoms with Gasteiger partial charge in [-0.05, 0) is 36.8 Å². The van der Waals surface area contributed by atoms with Crippen LogP contribution in [0.5, 0.6) is 0 Å². The molecule has 4 nitrogen and oxygen atoms in total. The molecule has 0 saturated carbocycles. The molecule has 0 fully saturated rings. The Labute approximate surface area is 121 Å². The Balaban J connectivity index is 1.99. The van der Waals surface area contributed by atoms with Crippen molar-refractivity contribution in [3.05, 3.63) is 59.8 Å². The highest BCUT2D eigenvalue weighted by molar-refractivity contribution is 5.98. The number of anilines is 2. The third kappa shape index (κ3) is 2.50. The summed E-state index contributed by atoms with van der Waals surface area (Å²) in [6.45, 7) is 2.40. The van der Waals surface area contributed by atoms with E-state index in [1.165, 1.54) is 6.07 Å². The number of halogens is 1. The Morgan fingerprint density at radius 2 is 1.95 bits per heavy atom. The zero-order valence-electron chi connectivity index (χ0n) is 11.6. The number of rotatable bonds is 3. The number of hydrogen-bond acceptors (Lipinski definition) is 4. The molecule has 2 aromatic heterocycles. The molecule has 0 radical (unpaired) electrons. The van der Waals surface area contributed by atoms with Crippen molar-refractivity contribution in [3.63, 3.8) is 0 Å². The highest BCUT2D eigenvalue weighted by atomic mass is 19.1. The van der Waals surface area contributed by atoms with Crippen molar-refractivity contribution < 1.29 is 4.39 Å². The van der Waals surface area contributed by atoms with E-state index in [4.69, 9.17) is 5.73 Å². The van der Waals surface area contributed by atoms with E-state index in [0.717, 1.165) is 16.6 Å². The number of benzene rings is 1. The summed E-state index contributed by atoms with van der Waals surface area (Å²) in [7, 11) is 0. The van der Waals surface area contributed by atoms with Crippen LogP contribution >= 0.6 is 0 Å². The molecule has 0 aliphatic carbocycles. The fourth-order valence-electron chi connectivity index (χ4n) is 2.28. The topological polar surface area (TPSA) is 63.8 Å². The van der Waals surface area contributed by atoms with Gasteiger partial charge in [0.1, 0.15) is 0 Å². The Morgan fingerprint density at radius 1 is 1.19 bits per heavy atom. The van der Waals surface area contributed by atoms with Crippen LogP contribution < -0.4 is 11.1 Å². The second-order valence-electron chi connectivity index (χ2n) is 4.84. The summed E-state index contributed by atoms with van der Waals surface area (Å²) >= 11 is 0. The molecule has 0 aliphatic rings. The molecule has 21 heavy (non-hydrogen) atoms. The first-order valence-corrected chi connectivity index (χ1v) is 6.64. The van der Waals surface area contributed by atoms with Gasteiger partial charge in [-0.15, -0.1) is 0 Å². The van der Waals surface area contributed by atoms with Crippen molar-refractivity contribution in [1.29, 1.82) is 0 Å². The van der Waals surface area contributed by atoms with E-state index in [1.54, 1.807) is 18.5 Å². The molecular weight excluding hydrogens is 267 g/mol. The molecule has 0 unspecified atom stereocenters. The zero-order valence-corrected chi connectivity index (χ0v) is 11.6. The van der Waals surface area contributed by atoms with Gasteiger partial charge in [0.25, 0.3) is 0 Å². The highest BCUT2D eigenvalue weighted by Crippen LogP contribution is 2.29. The van der Waals surface area contributed by atoms with Gasteiger partial charge in [0.2, 0.25) is 0 Å². The summed E-state index contributed by atoms with van der Waals surface area (Å²) in [4.78, 5) is 8.53. The molecule has 0 amide bonds. The minimum absolute atomic E-state index is 0.352. The fraction of sp³-hybridized carbons (Fsp3) is 0.125. The molecule has 0 saturated heterocycles. The maximum atomic E-state index is 14.2. The Hall–Kier alpha value is -2.69. The first-order valence-electron chi connectivity index (χ1n) is 6.64. The lowest BCUT2D eigenvalue weighted by molar-refractivity contribution is 0.632. The van der Waals surface area contributed by atoms with Crippen LogP contribution in [0.3, 0.4) is 0 Å². The van der Waals surface area contributed by atoms with Crippen molar-refractivity contribution in [2.75, 3.05) is 11.1 Å². The van der Waals surface area contributed by atoms with Gasteiger partial charge in [0.15, 0.2) is 5.82 Å². The van der Waals surface area contributed by atoms with Gasteiger partial charge < -0.3 is 11.1 Å². The van der Waals surface area contributed by atoms with Crippen molar-refractivity contribution in [3.8, 4) is 0 Å². The molecular formula is C16H15FN4. The van der Waals surface area contributed by atoms with Crippen LogP contribution in [0.15, 0.2) is 42.7 Å². The van der Waals surface area contributed by atoms with E-state index in [2.05, 4.69) is 15.3 Å². The summed E-state index contributed by atoms with van der Waals surface area (Å²) in [5, 5.41) is 3.82. The predicted octanol–water partition coefficient (Wildman–Crippen LogP) is 3.27. The van der Waals surface area contributed by atoms with Crippen molar-refractivity contribution in [2.24, 2.45) is 0 Å². The number of hydrogen-bond donors (Lipinski definition) is 2. The lowest BCUT2D eigenvalue weighted by atomic mass is 10.1. The number of aromatic nitrogens is 2. The van der Waals surface area contributed by atoms with E-state index in [9.17, 15) is 4.39 Å². The summed E-state index contributed by atoms with van der Waals surface area (Å²) in [6.07, 6.45) is 3.35. The summed E-state index contributed by atoms with van der Waals surface area (Å²) in [5.41, 5.74) is 9.03. The van der Waals surface area contributed by atoms with Gasteiger partial charge in [0.05, 0.1) is 23.4 Å². The molecule has 106 valence electrons. The predicted molar refractivity (Wildman–Crippen MR) is 82.4 cm³/mol. The Morgan fingerprint density at radius 3 is 2.76 bits per heavy atom. The second-order valence-corrected chi connectivity index (χ2v) is 4.84. The van der Waals surface area contributed by atoms with E-state index < -0.39 is 5.82 Å². The average molecular weight is 282 g/mol. The number of nitrogen functional groups attached to an aromatic ring is 1. The van der Waals surface area contributed by atoms with E-state index in [0.29, 0.717) is 23.4 Å². The number of nitrogens with one attached hydrogen (secondary N) is 1. The molecule has 2 heterocycles. The Bertz CT molecular complexity index is 801. The third-order valence-corrected chi connectivity index (χ3v) is 3.43. The molecule has 0 atom stereocenters. The highest BCUT2D eigenvalue weighted by Gasteiger charge is 2.12. The lowest BCUT2D eigenvalue weighted by Gasteiger charge is -2.12. The number of nitrogens with zero attached hydrogens (tertiary/aromatic N) is 2. The molecule has 0 aliphatic heterocycles. The molecule has 5 heteroatoms. The van der Waals surface area contributed by atoms with Gasteiger partial charge in [0, 0.05) is 23.5 Å². The average Bonchev–Trinajstić information content (AvgIpc) is 2.49. The molecule has 3 aromatic rings. The van der Waals surface area contributed by atoms with Crippen LogP contribution in [-0.4, -0.2) is 9.97 Å². The largest absolute Gasteiger partial charge is 0.398 e. The minimum Gasteiger partial charge on any atom is -0.398 e. The Kier molecular flexibility index (Phi) is 3.39. The first kappa shape index (κ1) is 13.3. The van der Waals surface area contributed by atoms with Crippen LogP contribution in [-0.2, 0) is 6.54 Å². The summed E-state index contributed by atoms with van der Waals surface area (Å²) in [5.74, 6) is -0.410. The first-order chi connectivity index (χ1) is 10.2. The summed E-state index contributed by atoms with van der Waals surface area (Å²) < 4.78 is 14.2. The van der Waals surface area contributed by atoms with Crippen LogP contribution in [0.25, 0.3) is 10.9 Å². The molecule has 0 spiro atoms. The second kappa shape index (κ2) is 5.36. The van der Waals surface area contributed by atoms with Crippen LogP contribution in [0.4, 0.5) is 15.8 Å². The summed E-state index contributed by atoms with van der Waals surface area (Å²) in [6, 6.07) is 8.77. The van der Waals surface area contributed by atoms with Crippen molar-refractivity contribution in [1.82, 2.24) is 9.97 Å². The van der Waals surface area contributed by atoms with E-state index in [-0.39, 0.29) is 0 Å². The van der Waals surface area contributed by atoms with Crippen LogP contribution in [0, 0.1) is 12.7 Å². The normalized spacial score (nSPS) is 10.8. The van der Waals surface area contributed by atoms with Crippen LogP contribution in [0.1, 0.15) is 11.3 Å². The van der Waals surface area contributed by atoms with E-state index in [1.807, 2.05) is 25.1 Å². The SMILES string of the molecule is Cc1cccnc1CNc1c(F)cc(N)c2cccnc12. The van der Waals surface area contributed by atoms with E-state index >= 15 is 0 Å². The smallest absolute Gasteiger partial charge is 0.150 e. The number of fused-ring (bicyclic) bond motifs is 1. The van der Waals surface area contributed by atoms with Crippen LogP contribution in [0.2, 0.25) is 0 Å². The minimum atomic E-state index is -0.410. The van der Waals surface area contributed by atoms with Gasteiger partial charge >= 0.3 is 0 Å². The number of pyridine rings is 2. The monoisotopic (exact) mass is 282 g/mol. The van der Waals surface area contributed by atoms with Gasteiger partial charge in [-0.2, -0.15) is 0 Å². The maximum absolute atomic E-state index is 14.2. The van der Waals surface area contributed by atoms with Crippen molar-refractivity contribution in [2.45, 2.75) is 13.5 Å². The number of nitrogens with two attached hydrogens (primary N) is 1. The van der Waals surface area contributed by atoms with Gasteiger partial charge in [-0.1, -0.05) is 6.07 Å².